The summed E-state index contributed by atoms with van der Waals surface area (Å²) in [6, 6.07) is 17.7. The summed E-state index contributed by atoms with van der Waals surface area (Å²) < 4.78 is 55.8. The smallest absolute Gasteiger partial charge is 0.274 e. The monoisotopic (exact) mass is 664 g/mol. The highest BCUT2D eigenvalue weighted by Gasteiger charge is 2.58. The Kier molecular flexibility index (Phi) is 8.34. The Hall–Kier alpha value is -4.68. The number of hydrogen-bond donors (Lipinski definition) is 0. The van der Waals surface area contributed by atoms with Crippen molar-refractivity contribution in [3.8, 4) is 11.5 Å². The number of anilines is 2. The summed E-state index contributed by atoms with van der Waals surface area (Å²) in [5.74, 6) is -1.92. The third-order valence-corrected chi connectivity index (χ3v) is 10.5. The van der Waals surface area contributed by atoms with Crippen LogP contribution in [0.1, 0.15) is 17.5 Å². The van der Waals surface area contributed by atoms with Crippen molar-refractivity contribution in [1.82, 2.24) is 9.88 Å². The molecule has 2 aliphatic rings. The summed E-state index contributed by atoms with van der Waals surface area (Å²) in [6.45, 7) is 1.74. The fourth-order valence-corrected chi connectivity index (χ4v) is 7.99. The lowest BCUT2D eigenvalue weighted by Gasteiger charge is -2.38. The first-order valence-corrected chi connectivity index (χ1v) is 16.2. The van der Waals surface area contributed by atoms with Crippen LogP contribution in [0.5, 0.6) is 11.5 Å². The first-order chi connectivity index (χ1) is 22.1. The van der Waals surface area contributed by atoms with Crippen molar-refractivity contribution in [1.29, 1.82) is 0 Å². The van der Waals surface area contributed by atoms with E-state index in [-0.39, 0.29) is 32.5 Å². The zero-order valence-electron chi connectivity index (χ0n) is 25.0. The second-order valence-corrected chi connectivity index (χ2v) is 13.1. The minimum atomic E-state index is -4.67. The van der Waals surface area contributed by atoms with Gasteiger partial charge in [0.2, 0.25) is 5.91 Å². The van der Waals surface area contributed by atoms with Crippen LogP contribution in [0, 0.1) is 5.82 Å². The molecule has 2 aliphatic heterocycles. The number of carbonyl (C=O) groups excluding carboxylic acids is 2. The van der Waals surface area contributed by atoms with Gasteiger partial charge in [-0.1, -0.05) is 29.8 Å². The minimum Gasteiger partial charge on any atom is -0.497 e. The molecule has 238 valence electrons. The molecule has 10 nitrogen and oxygen atoms in total. The highest BCUT2D eigenvalue weighted by molar-refractivity contribution is 7.93. The van der Waals surface area contributed by atoms with Gasteiger partial charge in [-0.15, -0.1) is 0 Å². The normalized spacial score (nSPS) is 18.0. The zero-order chi connectivity index (χ0) is 32.6. The lowest BCUT2D eigenvalue weighted by atomic mass is 9.72. The van der Waals surface area contributed by atoms with E-state index in [0.29, 0.717) is 36.2 Å². The number of rotatable bonds is 8. The average molecular weight is 665 g/mol. The lowest BCUT2D eigenvalue weighted by molar-refractivity contribution is -0.135. The van der Waals surface area contributed by atoms with Gasteiger partial charge < -0.3 is 19.3 Å². The van der Waals surface area contributed by atoms with E-state index < -0.39 is 39.5 Å². The van der Waals surface area contributed by atoms with Gasteiger partial charge in [-0.3, -0.25) is 14.6 Å². The first-order valence-electron chi connectivity index (χ1n) is 14.4. The molecule has 1 unspecified atom stereocenters. The summed E-state index contributed by atoms with van der Waals surface area (Å²) in [7, 11) is -1.95. The molecule has 46 heavy (non-hydrogen) atoms. The van der Waals surface area contributed by atoms with Gasteiger partial charge in [-0.2, -0.15) is 0 Å². The van der Waals surface area contributed by atoms with E-state index in [1.165, 1.54) is 68.8 Å². The number of methoxy groups -OCH3 is 2. The van der Waals surface area contributed by atoms with Crippen LogP contribution >= 0.6 is 11.6 Å². The number of halogens is 2. The molecule has 0 saturated carbocycles. The SMILES string of the molecule is COc1ccc(S(=O)(=O)N2C(=O)C(CC(=O)N3CCN(c4ccncc4)CC3)(c3ccccc3F)c3cc(Cl)ccc32)c(OC)c1. The van der Waals surface area contributed by atoms with Crippen LogP contribution < -0.4 is 18.7 Å². The van der Waals surface area contributed by atoms with Gasteiger partial charge >= 0.3 is 0 Å². The zero-order valence-corrected chi connectivity index (χ0v) is 26.6. The van der Waals surface area contributed by atoms with E-state index >= 15 is 4.39 Å². The molecular weight excluding hydrogens is 635 g/mol. The van der Waals surface area contributed by atoms with Crippen molar-refractivity contribution < 1.29 is 31.9 Å². The number of ether oxygens (including phenoxy) is 2. The van der Waals surface area contributed by atoms with Crippen LogP contribution in [0.25, 0.3) is 0 Å². The fraction of sp³-hybridized carbons (Fsp3) is 0.242. The van der Waals surface area contributed by atoms with E-state index in [9.17, 15) is 18.0 Å². The van der Waals surface area contributed by atoms with E-state index in [1.54, 1.807) is 23.4 Å². The highest BCUT2D eigenvalue weighted by atomic mass is 35.5. The molecule has 13 heteroatoms. The minimum absolute atomic E-state index is 0.0363. The van der Waals surface area contributed by atoms with Gasteiger partial charge in [0.15, 0.2) is 0 Å². The number of benzene rings is 3. The van der Waals surface area contributed by atoms with Crippen LogP contribution in [0.3, 0.4) is 0 Å². The number of pyridine rings is 1. The average Bonchev–Trinajstić information content (AvgIpc) is 3.32. The summed E-state index contributed by atoms with van der Waals surface area (Å²) in [4.78, 5) is 36.4. The predicted molar refractivity (Wildman–Crippen MR) is 170 cm³/mol. The molecule has 0 spiro atoms. The van der Waals surface area contributed by atoms with E-state index in [0.717, 1.165) is 5.69 Å². The van der Waals surface area contributed by atoms with Crippen LogP contribution in [0.15, 0.2) is 90.1 Å². The molecule has 0 aliphatic carbocycles. The Morgan fingerprint density at radius 1 is 0.935 bits per heavy atom. The Morgan fingerprint density at radius 2 is 1.65 bits per heavy atom. The number of fused-ring (bicyclic) bond motifs is 1. The fourth-order valence-electron chi connectivity index (χ4n) is 6.19. The molecule has 1 atom stereocenters. The summed E-state index contributed by atoms with van der Waals surface area (Å²) >= 11 is 6.43. The summed E-state index contributed by atoms with van der Waals surface area (Å²) in [5, 5.41) is 0.187. The molecular formula is C33H30ClFN4O6S. The number of hydrogen-bond acceptors (Lipinski definition) is 8. The summed E-state index contributed by atoms with van der Waals surface area (Å²) in [5.41, 5.74) is -1.14. The van der Waals surface area contributed by atoms with E-state index in [1.807, 2.05) is 12.1 Å². The number of aromatic nitrogens is 1. The third-order valence-electron chi connectivity index (χ3n) is 8.49. The van der Waals surface area contributed by atoms with Gasteiger partial charge in [-0.25, -0.2) is 17.1 Å². The molecule has 0 bridgehead atoms. The second kappa shape index (κ2) is 12.3. The first kappa shape index (κ1) is 31.3. The van der Waals surface area contributed by atoms with E-state index in [2.05, 4.69) is 9.88 Å². The summed E-state index contributed by atoms with van der Waals surface area (Å²) in [6.07, 6.45) is 2.86. The van der Waals surface area contributed by atoms with Gasteiger partial charge in [0.05, 0.1) is 19.9 Å². The topological polar surface area (TPSA) is 109 Å². The Balaban J connectivity index is 1.45. The maximum Gasteiger partial charge on any atom is 0.274 e. The molecule has 6 rings (SSSR count). The van der Waals surface area contributed by atoms with Gasteiger partial charge in [-0.05, 0) is 54.1 Å². The molecule has 0 radical (unpaired) electrons. The molecule has 1 saturated heterocycles. The lowest BCUT2D eigenvalue weighted by Crippen LogP contribution is -2.52. The van der Waals surface area contributed by atoms with Crippen molar-refractivity contribution in [3.63, 3.8) is 0 Å². The maximum absolute atomic E-state index is 15.8. The third kappa shape index (κ3) is 5.21. The Bertz CT molecular complexity index is 1920. The quantitative estimate of drug-likeness (QED) is 0.268. The van der Waals surface area contributed by atoms with Crippen LogP contribution in [-0.2, 0) is 25.0 Å². The number of amides is 2. The molecule has 0 N–H and O–H groups in total. The molecule has 3 heterocycles. The second-order valence-electron chi connectivity index (χ2n) is 10.9. The van der Waals surface area contributed by atoms with Gasteiger partial charge in [0, 0.05) is 67.3 Å². The Morgan fingerprint density at radius 3 is 2.33 bits per heavy atom. The molecule has 3 aromatic carbocycles. The van der Waals surface area contributed by atoms with Crippen molar-refractivity contribution in [2.24, 2.45) is 0 Å². The van der Waals surface area contributed by atoms with Crippen LogP contribution in [0.2, 0.25) is 5.02 Å². The maximum atomic E-state index is 15.8. The van der Waals surface area contributed by atoms with Crippen molar-refractivity contribution in [3.05, 3.63) is 107 Å². The number of piperazine rings is 1. The standard InChI is InChI=1S/C33H30ClFN4O6S/c1-44-24-8-10-30(29(20-24)45-2)46(42,43)39-28-9-7-22(34)19-26(28)33(32(39)41,25-5-3-4-6-27(25)35)21-31(40)38-17-15-37(16-18-38)23-11-13-36-14-12-23/h3-14,19-20H,15-18,21H2,1-2H3. The van der Waals surface area contributed by atoms with Crippen molar-refractivity contribution in [2.75, 3.05) is 49.6 Å². The van der Waals surface area contributed by atoms with E-state index in [4.69, 9.17) is 21.1 Å². The highest BCUT2D eigenvalue weighted by Crippen LogP contribution is 2.52. The predicted octanol–water partition coefficient (Wildman–Crippen LogP) is 4.65. The number of nitrogens with zero attached hydrogens (tertiary/aromatic N) is 4. The van der Waals surface area contributed by atoms with Crippen molar-refractivity contribution >= 4 is 44.8 Å². The van der Waals surface area contributed by atoms with Crippen molar-refractivity contribution in [2.45, 2.75) is 16.7 Å². The molecule has 4 aromatic rings. The molecule has 1 aromatic heterocycles. The number of carbonyl (C=O) groups is 2. The molecule has 2 amide bonds. The number of sulfonamides is 1. The van der Waals surface area contributed by atoms with Gasteiger partial charge in [0.25, 0.3) is 15.9 Å². The molecule has 1 fully saturated rings. The Labute approximate surface area is 271 Å². The largest absolute Gasteiger partial charge is 0.497 e. The van der Waals surface area contributed by atoms with Gasteiger partial charge in [0.1, 0.15) is 27.6 Å². The van der Waals surface area contributed by atoms with Crippen LogP contribution in [-0.4, -0.2) is 70.5 Å². The van der Waals surface area contributed by atoms with Crippen LogP contribution in [0.4, 0.5) is 15.8 Å².